The molecular weight excluding hydrogens is 510 g/mol. The Kier molecular flexibility index (Phi) is 6.10. The molecule has 0 saturated heterocycles. The standard InChI is InChI=1S/C27H22ClN5O3S/c28-21-14-30-33-11-3-6-22-20(24(21)33)13-23(37-22)25(34)31-17(12-16-7-9-29-10-8-16)15-32-26(35)18-4-1-2-5-19(18)27(32)36/h1-2,4-5,7-10,13-14,17H,3,6,11-12,15H2,(H,31,34). The first-order valence-electron chi connectivity index (χ1n) is 12.0. The molecule has 0 aliphatic carbocycles. The Labute approximate surface area is 221 Å². The van der Waals surface area contributed by atoms with Crippen molar-refractivity contribution in [3.63, 3.8) is 0 Å². The quantitative estimate of drug-likeness (QED) is 0.375. The zero-order valence-corrected chi connectivity index (χ0v) is 21.3. The Balaban J connectivity index is 1.27. The van der Waals surface area contributed by atoms with Crippen LogP contribution >= 0.6 is 22.9 Å². The average Bonchev–Trinajstić information content (AvgIpc) is 3.52. The van der Waals surface area contributed by atoms with Crippen LogP contribution in [0.1, 0.15) is 47.2 Å². The van der Waals surface area contributed by atoms with Gasteiger partial charge in [-0.15, -0.1) is 11.3 Å². The second-order valence-corrected chi connectivity index (χ2v) is 10.7. The number of nitrogens with one attached hydrogen (secondary N) is 1. The predicted octanol–water partition coefficient (Wildman–Crippen LogP) is 4.24. The normalized spacial score (nSPS) is 15.1. The van der Waals surface area contributed by atoms with Crippen molar-refractivity contribution in [2.75, 3.05) is 6.54 Å². The third kappa shape index (κ3) is 4.34. The molecule has 0 bridgehead atoms. The van der Waals surface area contributed by atoms with Crippen molar-refractivity contribution in [3.8, 4) is 11.3 Å². The monoisotopic (exact) mass is 531 g/mol. The summed E-state index contributed by atoms with van der Waals surface area (Å²) in [6.07, 6.45) is 7.17. The summed E-state index contributed by atoms with van der Waals surface area (Å²) in [5.74, 6) is -0.948. The fourth-order valence-corrected chi connectivity index (χ4v) is 6.31. The van der Waals surface area contributed by atoms with Crippen LogP contribution in [0.5, 0.6) is 0 Å². The molecule has 1 aromatic carbocycles. The van der Waals surface area contributed by atoms with Gasteiger partial charge in [0.05, 0.1) is 39.0 Å². The lowest BCUT2D eigenvalue weighted by atomic mass is 10.1. The van der Waals surface area contributed by atoms with E-state index in [0.29, 0.717) is 27.4 Å². The van der Waals surface area contributed by atoms with Gasteiger partial charge >= 0.3 is 0 Å². The van der Waals surface area contributed by atoms with Crippen LogP contribution in [0.15, 0.2) is 61.1 Å². The van der Waals surface area contributed by atoms with Crippen LogP contribution in [-0.4, -0.2) is 50.0 Å². The van der Waals surface area contributed by atoms with Crippen LogP contribution in [0.2, 0.25) is 5.02 Å². The molecule has 2 aliphatic rings. The average molecular weight is 532 g/mol. The van der Waals surface area contributed by atoms with Crippen molar-refractivity contribution < 1.29 is 14.4 Å². The van der Waals surface area contributed by atoms with Crippen molar-refractivity contribution >= 4 is 40.7 Å². The van der Waals surface area contributed by atoms with Gasteiger partial charge in [-0.2, -0.15) is 5.10 Å². The number of pyridine rings is 1. The van der Waals surface area contributed by atoms with Crippen LogP contribution in [0, 0.1) is 0 Å². The van der Waals surface area contributed by atoms with Gasteiger partial charge in [-0.1, -0.05) is 23.7 Å². The fraction of sp³-hybridized carbons (Fsp3) is 0.222. The highest BCUT2D eigenvalue weighted by atomic mass is 35.5. The first-order valence-corrected chi connectivity index (χ1v) is 13.2. The maximum absolute atomic E-state index is 13.5. The van der Waals surface area contributed by atoms with Crippen LogP contribution in [0.25, 0.3) is 11.3 Å². The van der Waals surface area contributed by atoms with E-state index in [1.54, 1.807) is 42.9 Å². The molecular formula is C27H22ClN5O3S. The fourth-order valence-electron chi connectivity index (χ4n) is 4.96. The summed E-state index contributed by atoms with van der Waals surface area (Å²) in [5.41, 5.74) is 3.48. The van der Waals surface area contributed by atoms with Gasteiger partial charge in [0, 0.05) is 35.9 Å². The number of amides is 3. The number of carbonyl (C=O) groups is 3. The number of imide groups is 1. The minimum Gasteiger partial charge on any atom is -0.346 e. The number of benzene rings is 1. The first kappa shape index (κ1) is 23.6. The molecule has 1 atom stereocenters. The number of aryl methyl sites for hydroxylation is 2. The largest absolute Gasteiger partial charge is 0.346 e. The first-order chi connectivity index (χ1) is 18.0. The maximum Gasteiger partial charge on any atom is 0.261 e. The van der Waals surface area contributed by atoms with Gasteiger partial charge < -0.3 is 5.32 Å². The van der Waals surface area contributed by atoms with Gasteiger partial charge in [0.1, 0.15) is 0 Å². The van der Waals surface area contributed by atoms with E-state index in [1.807, 2.05) is 22.9 Å². The smallest absolute Gasteiger partial charge is 0.261 e. The van der Waals surface area contributed by atoms with Crippen molar-refractivity contribution in [1.29, 1.82) is 0 Å². The number of hydrogen-bond donors (Lipinski definition) is 1. The van der Waals surface area contributed by atoms with Crippen LogP contribution in [0.3, 0.4) is 0 Å². The molecule has 6 rings (SSSR count). The molecule has 1 N–H and O–H groups in total. The lowest BCUT2D eigenvalue weighted by molar-refractivity contribution is 0.0629. The lowest BCUT2D eigenvalue weighted by Crippen LogP contribution is -2.46. The van der Waals surface area contributed by atoms with Crippen molar-refractivity contribution in [2.24, 2.45) is 0 Å². The second kappa shape index (κ2) is 9.57. The molecule has 0 spiro atoms. The molecule has 2 aliphatic heterocycles. The van der Waals surface area contributed by atoms with E-state index >= 15 is 0 Å². The summed E-state index contributed by atoms with van der Waals surface area (Å²) >= 11 is 7.87. The van der Waals surface area contributed by atoms with E-state index in [9.17, 15) is 14.4 Å². The third-order valence-corrected chi connectivity index (χ3v) is 8.17. The summed E-state index contributed by atoms with van der Waals surface area (Å²) < 4.78 is 1.89. The van der Waals surface area contributed by atoms with Gasteiger partial charge in [0.15, 0.2) is 0 Å². The van der Waals surface area contributed by atoms with E-state index in [1.165, 1.54) is 16.2 Å². The zero-order chi connectivity index (χ0) is 25.5. The Morgan fingerprint density at radius 2 is 1.81 bits per heavy atom. The summed E-state index contributed by atoms with van der Waals surface area (Å²) in [7, 11) is 0. The van der Waals surface area contributed by atoms with E-state index < -0.39 is 6.04 Å². The summed E-state index contributed by atoms with van der Waals surface area (Å²) in [6, 6.07) is 11.9. The topological polar surface area (TPSA) is 97.2 Å². The van der Waals surface area contributed by atoms with Crippen molar-refractivity contribution in [3.05, 3.63) is 92.5 Å². The number of halogens is 1. The van der Waals surface area contributed by atoms with Gasteiger partial charge in [-0.05, 0) is 55.2 Å². The molecule has 3 amide bonds. The molecule has 186 valence electrons. The minimum absolute atomic E-state index is 0.0596. The molecule has 3 aromatic heterocycles. The number of carbonyl (C=O) groups excluding carboxylic acids is 3. The molecule has 4 aromatic rings. The highest BCUT2D eigenvalue weighted by molar-refractivity contribution is 7.14. The molecule has 37 heavy (non-hydrogen) atoms. The highest BCUT2D eigenvalue weighted by Crippen LogP contribution is 2.38. The van der Waals surface area contributed by atoms with Crippen LogP contribution in [-0.2, 0) is 19.4 Å². The number of fused-ring (bicyclic) bond motifs is 4. The predicted molar refractivity (Wildman–Crippen MR) is 140 cm³/mol. The number of aromatic nitrogens is 3. The van der Waals surface area contributed by atoms with Gasteiger partial charge in [-0.25, -0.2) is 0 Å². The number of rotatable bonds is 6. The minimum atomic E-state index is -0.492. The Bertz CT molecular complexity index is 1500. The summed E-state index contributed by atoms with van der Waals surface area (Å²) in [6.45, 7) is 0.837. The third-order valence-electron chi connectivity index (χ3n) is 6.70. The van der Waals surface area contributed by atoms with E-state index in [0.717, 1.165) is 41.1 Å². The number of thiophene rings is 1. The van der Waals surface area contributed by atoms with Crippen LogP contribution in [0.4, 0.5) is 0 Å². The lowest BCUT2D eigenvalue weighted by Gasteiger charge is -2.23. The van der Waals surface area contributed by atoms with E-state index in [4.69, 9.17) is 11.6 Å². The molecule has 0 saturated carbocycles. The summed E-state index contributed by atoms with van der Waals surface area (Å²) in [5, 5.41) is 8.01. The van der Waals surface area contributed by atoms with Crippen LogP contribution < -0.4 is 5.32 Å². The van der Waals surface area contributed by atoms with Gasteiger partial charge in [0.2, 0.25) is 0 Å². The van der Waals surface area contributed by atoms with Gasteiger partial charge in [0.25, 0.3) is 17.7 Å². The molecule has 0 fully saturated rings. The highest BCUT2D eigenvalue weighted by Gasteiger charge is 2.37. The van der Waals surface area contributed by atoms with Crippen molar-refractivity contribution in [1.82, 2.24) is 25.0 Å². The van der Waals surface area contributed by atoms with Crippen molar-refractivity contribution in [2.45, 2.75) is 31.8 Å². The zero-order valence-electron chi connectivity index (χ0n) is 19.7. The second-order valence-electron chi connectivity index (χ2n) is 9.11. The maximum atomic E-state index is 13.5. The molecule has 0 radical (unpaired) electrons. The van der Waals surface area contributed by atoms with Gasteiger partial charge in [-0.3, -0.25) is 28.9 Å². The molecule has 10 heteroatoms. The Hall–Kier alpha value is -3.82. The Morgan fingerprint density at radius 1 is 1.08 bits per heavy atom. The number of hydrogen-bond acceptors (Lipinski definition) is 6. The summed E-state index contributed by atoms with van der Waals surface area (Å²) in [4.78, 5) is 46.4. The van der Waals surface area contributed by atoms with E-state index in [2.05, 4.69) is 15.4 Å². The Morgan fingerprint density at radius 3 is 2.54 bits per heavy atom. The molecule has 8 nitrogen and oxygen atoms in total. The SMILES string of the molecule is O=C(NC(Cc1ccncc1)CN1C(=O)c2ccccc2C1=O)c1cc2c(s1)CCCn1ncc(Cl)c1-2. The molecule has 1 unspecified atom stereocenters. The number of nitrogens with zero attached hydrogens (tertiary/aromatic N) is 4. The molecule has 5 heterocycles. The van der Waals surface area contributed by atoms with E-state index in [-0.39, 0.29) is 24.3 Å².